The molecule has 0 bridgehead atoms. The van der Waals surface area contributed by atoms with Crippen LogP contribution in [0, 0.1) is 17.1 Å². The Hall–Kier alpha value is -5.41. The first-order valence-electron chi connectivity index (χ1n) is 15.8. The zero-order valence-electron chi connectivity index (χ0n) is 27.3. The summed E-state index contributed by atoms with van der Waals surface area (Å²) < 4.78 is 32.9. The minimum Gasteiger partial charge on any atom is -0.490 e. The molecule has 0 unspecified atom stereocenters. The van der Waals surface area contributed by atoms with E-state index in [2.05, 4.69) is 29.2 Å². The van der Waals surface area contributed by atoms with Crippen LogP contribution < -0.4 is 19.9 Å². The molecule has 3 aromatic carbocycles. The van der Waals surface area contributed by atoms with Crippen LogP contribution in [0.25, 0.3) is 0 Å². The van der Waals surface area contributed by atoms with Crippen molar-refractivity contribution in [3.8, 4) is 17.6 Å². The molecule has 0 saturated carbocycles. The molecule has 1 aliphatic rings. The summed E-state index contributed by atoms with van der Waals surface area (Å²) in [5.74, 6) is -0.392. The predicted molar refractivity (Wildman–Crippen MR) is 177 cm³/mol. The van der Waals surface area contributed by atoms with Crippen LogP contribution in [-0.4, -0.2) is 59.2 Å². The first kappa shape index (κ1) is 33.9. The highest BCUT2D eigenvalue weighted by Gasteiger charge is 2.24. The maximum absolute atomic E-state index is 14.2. The van der Waals surface area contributed by atoms with Crippen LogP contribution in [-0.2, 0) is 22.7 Å². The Kier molecular flexibility index (Phi) is 11.3. The lowest BCUT2D eigenvalue weighted by atomic mass is 10.1. The number of hydrogen-bond acceptors (Lipinski definition) is 9. The Morgan fingerprint density at radius 2 is 1.88 bits per heavy atom. The second-order valence-corrected chi connectivity index (χ2v) is 11.8. The number of likely N-dealkylation sites (tertiary alicyclic amines) is 1. The van der Waals surface area contributed by atoms with E-state index in [0.717, 1.165) is 30.2 Å². The number of imidazole rings is 1. The summed E-state index contributed by atoms with van der Waals surface area (Å²) in [6.45, 7) is 6.26. The first-order chi connectivity index (χ1) is 23.2. The number of nitrogens with one attached hydrogen (secondary N) is 1. The van der Waals surface area contributed by atoms with E-state index in [-0.39, 0.29) is 42.5 Å². The lowest BCUT2D eigenvalue weighted by Crippen LogP contribution is -2.49. The van der Waals surface area contributed by atoms with Gasteiger partial charge in [-0.25, -0.2) is 14.2 Å². The van der Waals surface area contributed by atoms with Gasteiger partial charge in [-0.1, -0.05) is 12.1 Å². The van der Waals surface area contributed by atoms with E-state index in [4.69, 9.17) is 19.5 Å². The molecule has 1 N–H and O–H groups in total. The van der Waals surface area contributed by atoms with Crippen molar-refractivity contribution in [2.45, 2.75) is 52.0 Å². The van der Waals surface area contributed by atoms with E-state index in [1.54, 1.807) is 41.8 Å². The molecule has 1 amide bonds. The van der Waals surface area contributed by atoms with E-state index < -0.39 is 11.8 Å². The molecule has 2 heterocycles. The smallest absolute Gasteiger partial charge is 0.337 e. The van der Waals surface area contributed by atoms with Crippen molar-refractivity contribution >= 4 is 17.6 Å². The zero-order chi connectivity index (χ0) is 34.0. The Bertz CT molecular complexity index is 1740. The standard InChI is InChI=1S/C36H39FN6O5/c1-25(2)42-24-39-20-30(42)21-43(29-10-8-28(9-11-29)36(45)46-3)40-35(44)22-41-15-13-31(14-16-41)48-32-6-4-5-27(17-32)23-47-34-12-7-26(19-38)18-33(34)37/h4-12,17-18,20,24-25,31H,13-16,21-23H2,1-3H3,(H,40,44). The van der Waals surface area contributed by atoms with Crippen molar-refractivity contribution in [2.24, 2.45) is 0 Å². The number of ether oxygens (including phenoxy) is 3. The largest absolute Gasteiger partial charge is 0.490 e. The van der Waals surface area contributed by atoms with E-state index in [1.165, 1.54) is 19.2 Å². The second kappa shape index (κ2) is 15.9. The van der Waals surface area contributed by atoms with Gasteiger partial charge in [0.15, 0.2) is 11.6 Å². The quantitative estimate of drug-likeness (QED) is 0.149. The molecule has 1 aromatic heterocycles. The van der Waals surface area contributed by atoms with Crippen LogP contribution in [0.4, 0.5) is 10.1 Å². The third kappa shape index (κ3) is 8.89. The molecule has 1 fully saturated rings. The van der Waals surface area contributed by atoms with Crippen molar-refractivity contribution in [3.05, 3.63) is 107 Å². The molecule has 0 aliphatic carbocycles. The zero-order valence-corrected chi connectivity index (χ0v) is 27.3. The molecule has 0 radical (unpaired) electrons. The van der Waals surface area contributed by atoms with E-state index in [1.807, 2.05) is 34.9 Å². The van der Waals surface area contributed by atoms with Crippen molar-refractivity contribution in [1.29, 1.82) is 5.26 Å². The number of esters is 1. The summed E-state index contributed by atoms with van der Waals surface area (Å²) in [5, 5.41) is 10.7. The molecule has 4 aromatic rings. The Morgan fingerprint density at radius 3 is 2.56 bits per heavy atom. The average Bonchev–Trinajstić information content (AvgIpc) is 3.57. The number of hydrazine groups is 1. The van der Waals surface area contributed by atoms with Crippen LogP contribution in [0.3, 0.4) is 0 Å². The number of nitrogens with zero attached hydrogens (tertiary/aromatic N) is 5. The molecule has 5 rings (SSSR count). The van der Waals surface area contributed by atoms with Crippen LogP contribution in [0.15, 0.2) is 79.3 Å². The number of halogens is 1. The fraction of sp³-hybridized carbons (Fsp3) is 0.333. The molecule has 12 heteroatoms. The van der Waals surface area contributed by atoms with Gasteiger partial charge in [0.25, 0.3) is 5.91 Å². The topological polar surface area (TPSA) is 122 Å². The minimum atomic E-state index is -0.581. The molecule has 1 aliphatic heterocycles. The van der Waals surface area contributed by atoms with Gasteiger partial charge in [0.05, 0.1) is 61.3 Å². The van der Waals surface area contributed by atoms with Crippen LogP contribution in [0.5, 0.6) is 11.5 Å². The molecule has 250 valence electrons. The molecule has 1 saturated heterocycles. The first-order valence-corrected chi connectivity index (χ1v) is 15.8. The number of carbonyl (C=O) groups is 2. The van der Waals surface area contributed by atoms with Crippen molar-refractivity contribution < 1.29 is 28.2 Å². The number of carbonyl (C=O) groups excluding carboxylic acids is 2. The van der Waals surface area contributed by atoms with Crippen molar-refractivity contribution in [2.75, 3.05) is 31.8 Å². The SMILES string of the molecule is COC(=O)c1ccc(N(Cc2cncn2C(C)C)NC(=O)CN2CCC(Oc3cccc(COc4ccc(C#N)cc4F)c3)CC2)cc1. The van der Waals surface area contributed by atoms with Crippen LogP contribution in [0.2, 0.25) is 0 Å². The van der Waals surface area contributed by atoms with Gasteiger partial charge in [0.1, 0.15) is 18.5 Å². The number of piperidine rings is 1. The van der Waals surface area contributed by atoms with Crippen LogP contribution in [0.1, 0.15) is 59.9 Å². The summed E-state index contributed by atoms with van der Waals surface area (Å²) >= 11 is 0. The number of nitriles is 1. The Morgan fingerprint density at radius 1 is 1.10 bits per heavy atom. The Labute approximate surface area is 279 Å². The van der Waals surface area contributed by atoms with Crippen LogP contribution >= 0.6 is 0 Å². The van der Waals surface area contributed by atoms with E-state index in [0.29, 0.717) is 36.6 Å². The monoisotopic (exact) mass is 654 g/mol. The van der Waals surface area contributed by atoms with Gasteiger partial charge >= 0.3 is 5.97 Å². The maximum atomic E-state index is 14.2. The number of benzene rings is 3. The molecule has 48 heavy (non-hydrogen) atoms. The predicted octanol–water partition coefficient (Wildman–Crippen LogP) is 5.42. The second-order valence-electron chi connectivity index (χ2n) is 11.8. The third-order valence-corrected chi connectivity index (χ3v) is 8.04. The summed E-state index contributed by atoms with van der Waals surface area (Å²) in [7, 11) is 1.34. The summed E-state index contributed by atoms with van der Waals surface area (Å²) in [6, 6.07) is 20.6. The highest BCUT2D eigenvalue weighted by atomic mass is 19.1. The third-order valence-electron chi connectivity index (χ3n) is 8.04. The van der Waals surface area contributed by atoms with Gasteiger partial charge in [0.2, 0.25) is 0 Å². The number of amides is 1. The van der Waals surface area contributed by atoms with Gasteiger partial charge in [-0.3, -0.25) is 20.1 Å². The summed E-state index contributed by atoms with van der Waals surface area (Å²) in [4.78, 5) is 31.7. The minimum absolute atomic E-state index is 0.0161. The van der Waals surface area contributed by atoms with E-state index >= 15 is 0 Å². The average molecular weight is 655 g/mol. The fourth-order valence-electron chi connectivity index (χ4n) is 5.50. The number of rotatable bonds is 13. The molecule has 0 atom stereocenters. The highest BCUT2D eigenvalue weighted by Crippen LogP contribution is 2.24. The number of methoxy groups -OCH3 is 1. The normalized spacial score (nSPS) is 13.5. The number of aromatic nitrogens is 2. The molecular weight excluding hydrogens is 615 g/mol. The van der Waals surface area contributed by atoms with Crippen molar-refractivity contribution in [1.82, 2.24) is 19.9 Å². The number of hydrogen-bond donors (Lipinski definition) is 1. The lowest BCUT2D eigenvalue weighted by Gasteiger charge is -2.33. The summed E-state index contributed by atoms with van der Waals surface area (Å²) in [6.07, 6.45) is 5.03. The molecule has 11 nitrogen and oxygen atoms in total. The number of anilines is 1. The lowest BCUT2D eigenvalue weighted by molar-refractivity contribution is -0.123. The van der Waals surface area contributed by atoms with Gasteiger partial charge in [-0.05, 0) is 86.8 Å². The van der Waals surface area contributed by atoms with Gasteiger partial charge < -0.3 is 18.8 Å². The molecular formula is C36H39FN6O5. The van der Waals surface area contributed by atoms with Gasteiger partial charge in [-0.15, -0.1) is 0 Å². The van der Waals surface area contributed by atoms with Crippen molar-refractivity contribution in [3.63, 3.8) is 0 Å². The fourth-order valence-corrected chi connectivity index (χ4v) is 5.50. The van der Waals surface area contributed by atoms with Gasteiger partial charge in [-0.2, -0.15) is 5.26 Å². The Balaban J connectivity index is 1.14. The maximum Gasteiger partial charge on any atom is 0.337 e. The summed E-state index contributed by atoms with van der Waals surface area (Å²) in [5.41, 5.74) is 6.18. The molecule has 0 spiro atoms. The highest BCUT2D eigenvalue weighted by molar-refractivity contribution is 5.89. The van der Waals surface area contributed by atoms with Gasteiger partial charge in [0, 0.05) is 19.1 Å². The van der Waals surface area contributed by atoms with E-state index in [9.17, 15) is 14.0 Å².